The van der Waals surface area contributed by atoms with E-state index in [0.717, 1.165) is 32.3 Å². The van der Waals surface area contributed by atoms with Crippen LogP contribution in [0.2, 0.25) is 0 Å². The van der Waals surface area contributed by atoms with Gasteiger partial charge in [-0.25, -0.2) is 0 Å². The zero-order valence-electron chi connectivity index (χ0n) is 10.1. The zero-order valence-corrected chi connectivity index (χ0v) is 10.9. The molecule has 1 heterocycles. The summed E-state index contributed by atoms with van der Waals surface area (Å²) in [4.78, 5) is 0. The molecule has 1 saturated heterocycles. The predicted octanol–water partition coefficient (Wildman–Crippen LogP) is 1.43. The van der Waals surface area contributed by atoms with Crippen LogP contribution in [0.15, 0.2) is 0 Å². The molecule has 2 aliphatic rings. The number of ether oxygens (including phenoxy) is 1. The number of rotatable bonds is 3. The standard InChI is InChI=1S/C12H23NO2S/c1-9-4-5-11(13)12(7-9)16(14)8-10-3-2-6-15-10/h9-12H,2-8,13H2,1H3. The molecule has 3 nitrogen and oxygen atoms in total. The molecular formula is C12H23NO2S. The van der Waals surface area contributed by atoms with E-state index in [-0.39, 0.29) is 17.4 Å². The van der Waals surface area contributed by atoms with Crippen molar-refractivity contribution in [3.05, 3.63) is 0 Å². The third-order valence-corrected chi connectivity index (χ3v) is 5.73. The van der Waals surface area contributed by atoms with Gasteiger partial charge in [0.15, 0.2) is 0 Å². The van der Waals surface area contributed by atoms with E-state index in [2.05, 4.69) is 6.92 Å². The molecule has 0 aromatic carbocycles. The Morgan fingerprint density at radius 1 is 1.38 bits per heavy atom. The lowest BCUT2D eigenvalue weighted by atomic mass is 9.87. The van der Waals surface area contributed by atoms with Crippen LogP contribution in [-0.2, 0) is 15.5 Å². The highest BCUT2D eigenvalue weighted by Gasteiger charge is 2.32. The average Bonchev–Trinajstić information content (AvgIpc) is 2.74. The second-order valence-corrected chi connectivity index (χ2v) is 7.00. The first-order valence-electron chi connectivity index (χ1n) is 6.41. The summed E-state index contributed by atoms with van der Waals surface area (Å²) in [6.45, 7) is 3.08. The van der Waals surface area contributed by atoms with Gasteiger partial charge < -0.3 is 10.5 Å². The van der Waals surface area contributed by atoms with Crippen molar-refractivity contribution in [2.24, 2.45) is 11.7 Å². The van der Waals surface area contributed by atoms with Crippen LogP contribution in [0.4, 0.5) is 0 Å². The van der Waals surface area contributed by atoms with E-state index in [1.807, 2.05) is 0 Å². The van der Waals surface area contributed by atoms with Gasteiger partial charge in [0.25, 0.3) is 0 Å². The summed E-state index contributed by atoms with van der Waals surface area (Å²) < 4.78 is 17.8. The molecule has 5 unspecified atom stereocenters. The lowest BCUT2D eigenvalue weighted by Crippen LogP contribution is -2.44. The summed E-state index contributed by atoms with van der Waals surface area (Å²) in [6.07, 6.45) is 5.67. The highest BCUT2D eigenvalue weighted by atomic mass is 32.2. The molecule has 16 heavy (non-hydrogen) atoms. The van der Waals surface area contributed by atoms with Gasteiger partial charge >= 0.3 is 0 Å². The molecule has 0 spiro atoms. The van der Waals surface area contributed by atoms with Gasteiger partial charge in [0.2, 0.25) is 0 Å². The van der Waals surface area contributed by atoms with Crippen molar-refractivity contribution in [3.63, 3.8) is 0 Å². The fourth-order valence-corrected chi connectivity index (χ4v) is 4.68. The van der Waals surface area contributed by atoms with Gasteiger partial charge in [-0.3, -0.25) is 4.21 Å². The summed E-state index contributed by atoms with van der Waals surface area (Å²) in [5, 5.41) is 0.202. The average molecular weight is 245 g/mol. The van der Waals surface area contributed by atoms with Gasteiger partial charge in [-0.15, -0.1) is 0 Å². The quantitative estimate of drug-likeness (QED) is 0.818. The van der Waals surface area contributed by atoms with E-state index >= 15 is 0 Å². The summed E-state index contributed by atoms with van der Waals surface area (Å²) >= 11 is 0. The monoisotopic (exact) mass is 245 g/mol. The molecule has 94 valence electrons. The molecule has 0 aromatic rings. The van der Waals surface area contributed by atoms with Crippen LogP contribution in [0, 0.1) is 5.92 Å². The molecule has 0 bridgehead atoms. The minimum atomic E-state index is -0.797. The molecule has 4 heteroatoms. The maximum atomic E-state index is 12.3. The fraction of sp³-hybridized carbons (Fsp3) is 1.00. The van der Waals surface area contributed by atoms with Gasteiger partial charge in [0.1, 0.15) is 0 Å². The third kappa shape index (κ3) is 3.05. The Balaban J connectivity index is 1.86. The smallest absolute Gasteiger partial charge is 0.0691 e. The molecule has 1 aliphatic heterocycles. The van der Waals surface area contributed by atoms with Crippen LogP contribution >= 0.6 is 0 Å². The van der Waals surface area contributed by atoms with Crippen LogP contribution in [0.1, 0.15) is 39.0 Å². The van der Waals surface area contributed by atoms with Crippen molar-refractivity contribution in [1.29, 1.82) is 0 Å². The highest BCUT2D eigenvalue weighted by Crippen LogP contribution is 2.27. The minimum absolute atomic E-state index is 0.137. The van der Waals surface area contributed by atoms with E-state index in [9.17, 15) is 4.21 Å². The number of hydrogen-bond donors (Lipinski definition) is 1. The molecule has 2 fully saturated rings. The lowest BCUT2D eigenvalue weighted by molar-refractivity contribution is 0.128. The first-order chi connectivity index (χ1) is 7.66. The second kappa shape index (κ2) is 5.61. The van der Waals surface area contributed by atoms with E-state index in [1.54, 1.807) is 0 Å². The Hall–Kier alpha value is 0.0700. The van der Waals surface area contributed by atoms with Crippen LogP contribution in [0.25, 0.3) is 0 Å². The molecule has 0 aromatic heterocycles. The van der Waals surface area contributed by atoms with Crippen molar-refractivity contribution < 1.29 is 8.95 Å². The molecule has 1 saturated carbocycles. The Bertz CT molecular complexity index is 253. The third-order valence-electron chi connectivity index (χ3n) is 3.82. The zero-order chi connectivity index (χ0) is 11.5. The van der Waals surface area contributed by atoms with Crippen molar-refractivity contribution >= 4 is 10.8 Å². The highest BCUT2D eigenvalue weighted by molar-refractivity contribution is 7.85. The topological polar surface area (TPSA) is 52.3 Å². The van der Waals surface area contributed by atoms with Crippen LogP contribution in [0.3, 0.4) is 0 Å². The number of nitrogens with two attached hydrogens (primary N) is 1. The lowest BCUT2D eigenvalue weighted by Gasteiger charge is -2.32. The van der Waals surface area contributed by atoms with Crippen LogP contribution < -0.4 is 5.73 Å². The van der Waals surface area contributed by atoms with E-state index in [1.165, 1.54) is 6.42 Å². The van der Waals surface area contributed by atoms with Crippen molar-refractivity contribution in [1.82, 2.24) is 0 Å². The van der Waals surface area contributed by atoms with Gasteiger partial charge in [-0.1, -0.05) is 6.92 Å². The molecule has 5 atom stereocenters. The van der Waals surface area contributed by atoms with E-state index < -0.39 is 10.8 Å². The van der Waals surface area contributed by atoms with Gasteiger partial charge in [0, 0.05) is 23.4 Å². The molecule has 2 N–H and O–H groups in total. The van der Waals surface area contributed by atoms with Crippen molar-refractivity contribution in [2.45, 2.75) is 56.4 Å². The Kier molecular flexibility index (Phi) is 4.39. The first-order valence-corrected chi connectivity index (χ1v) is 7.79. The van der Waals surface area contributed by atoms with Crippen LogP contribution in [-0.4, -0.2) is 34.0 Å². The van der Waals surface area contributed by atoms with Crippen molar-refractivity contribution in [2.75, 3.05) is 12.4 Å². The maximum Gasteiger partial charge on any atom is 0.0691 e. The van der Waals surface area contributed by atoms with E-state index in [4.69, 9.17) is 10.5 Å². The van der Waals surface area contributed by atoms with Gasteiger partial charge in [-0.2, -0.15) is 0 Å². The molecular weight excluding hydrogens is 222 g/mol. The summed E-state index contributed by atoms with van der Waals surface area (Å²) in [5.74, 6) is 1.38. The van der Waals surface area contributed by atoms with E-state index in [0.29, 0.717) is 11.7 Å². The second-order valence-electron chi connectivity index (χ2n) is 5.30. The normalized spacial score (nSPS) is 42.1. The maximum absolute atomic E-state index is 12.3. The molecule has 1 aliphatic carbocycles. The molecule has 2 rings (SSSR count). The summed E-state index contributed by atoms with van der Waals surface area (Å²) in [5.41, 5.74) is 6.08. The summed E-state index contributed by atoms with van der Waals surface area (Å²) in [6, 6.07) is 0.137. The van der Waals surface area contributed by atoms with Crippen LogP contribution in [0.5, 0.6) is 0 Å². The Labute approximate surface area is 101 Å². The van der Waals surface area contributed by atoms with Gasteiger partial charge in [0.05, 0.1) is 17.1 Å². The predicted molar refractivity (Wildman–Crippen MR) is 66.8 cm³/mol. The van der Waals surface area contributed by atoms with Crippen molar-refractivity contribution in [3.8, 4) is 0 Å². The SMILES string of the molecule is CC1CCC(N)C(S(=O)CC2CCCO2)C1. The number of hydrogen-bond acceptors (Lipinski definition) is 3. The largest absolute Gasteiger partial charge is 0.377 e. The molecule has 0 radical (unpaired) electrons. The Morgan fingerprint density at radius 3 is 2.88 bits per heavy atom. The first kappa shape index (κ1) is 12.5. The minimum Gasteiger partial charge on any atom is -0.377 e. The Morgan fingerprint density at radius 2 is 2.19 bits per heavy atom. The fourth-order valence-electron chi connectivity index (χ4n) is 2.74. The van der Waals surface area contributed by atoms with Gasteiger partial charge in [-0.05, 0) is 38.0 Å². The molecule has 0 amide bonds. The summed E-state index contributed by atoms with van der Waals surface area (Å²) in [7, 11) is -0.797.